The monoisotopic (exact) mass is 236 g/mol. The molecule has 1 atom stereocenters. The van der Waals surface area contributed by atoms with Gasteiger partial charge in [0.15, 0.2) is 0 Å². The molecular formula is C13H17FN2O. The fourth-order valence-corrected chi connectivity index (χ4v) is 1.85. The van der Waals surface area contributed by atoms with Gasteiger partial charge in [-0.3, -0.25) is 0 Å². The highest BCUT2D eigenvalue weighted by molar-refractivity contribution is 5.55. The minimum atomic E-state index is -0.859. The van der Waals surface area contributed by atoms with Gasteiger partial charge in [-0.1, -0.05) is 6.07 Å². The maximum absolute atomic E-state index is 13.7. The summed E-state index contributed by atoms with van der Waals surface area (Å²) >= 11 is 0. The minimum Gasteiger partial charge on any atom is -0.389 e. The lowest BCUT2D eigenvalue weighted by molar-refractivity contribution is 0.194. The lowest BCUT2D eigenvalue weighted by Gasteiger charge is -2.26. The molecule has 0 bridgehead atoms. The number of rotatable bonds is 5. The van der Waals surface area contributed by atoms with Gasteiger partial charge in [0, 0.05) is 24.3 Å². The molecule has 0 spiro atoms. The first kappa shape index (κ1) is 13.5. The van der Waals surface area contributed by atoms with E-state index in [1.54, 1.807) is 19.1 Å². The lowest BCUT2D eigenvalue weighted by Crippen LogP contribution is -2.25. The highest BCUT2D eigenvalue weighted by atomic mass is 19.1. The van der Waals surface area contributed by atoms with Crippen LogP contribution in [0.1, 0.15) is 31.9 Å². The van der Waals surface area contributed by atoms with Gasteiger partial charge in [0.2, 0.25) is 0 Å². The molecule has 1 aromatic rings. The zero-order valence-electron chi connectivity index (χ0n) is 10.2. The van der Waals surface area contributed by atoms with Crippen LogP contribution in [0, 0.1) is 17.1 Å². The van der Waals surface area contributed by atoms with Crippen LogP contribution in [0.4, 0.5) is 10.1 Å². The molecule has 17 heavy (non-hydrogen) atoms. The number of halogens is 1. The Kier molecular flexibility index (Phi) is 4.92. The van der Waals surface area contributed by atoms with Gasteiger partial charge in [-0.15, -0.1) is 0 Å². The summed E-state index contributed by atoms with van der Waals surface area (Å²) in [5.74, 6) is -0.409. The third-order valence-electron chi connectivity index (χ3n) is 2.66. The summed E-state index contributed by atoms with van der Waals surface area (Å²) in [6, 6.07) is 6.79. The Morgan fingerprint density at radius 1 is 1.53 bits per heavy atom. The summed E-state index contributed by atoms with van der Waals surface area (Å²) < 4.78 is 13.7. The Labute approximate surface area is 101 Å². The Morgan fingerprint density at radius 3 is 2.76 bits per heavy atom. The van der Waals surface area contributed by atoms with Crippen molar-refractivity contribution in [2.75, 3.05) is 18.0 Å². The van der Waals surface area contributed by atoms with Gasteiger partial charge in [0.05, 0.1) is 18.6 Å². The predicted octanol–water partition coefficient (Wildman–Crippen LogP) is 2.62. The zero-order chi connectivity index (χ0) is 12.8. The van der Waals surface area contributed by atoms with Crippen LogP contribution in [0.5, 0.6) is 0 Å². The van der Waals surface area contributed by atoms with Gasteiger partial charge in [-0.2, -0.15) is 5.26 Å². The first-order valence-corrected chi connectivity index (χ1v) is 5.70. The van der Waals surface area contributed by atoms with E-state index < -0.39 is 11.9 Å². The van der Waals surface area contributed by atoms with E-state index in [1.165, 1.54) is 6.07 Å². The maximum atomic E-state index is 13.7. The topological polar surface area (TPSA) is 47.3 Å². The highest BCUT2D eigenvalue weighted by Gasteiger charge is 2.17. The first-order chi connectivity index (χ1) is 8.11. The van der Waals surface area contributed by atoms with Crippen molar-refractivity contribution in [3.63, 3.8) is 0 Å². The van der Waals surface area contributed by atoms with Gasteiger partial charge in [-0.25, -0.2) is 4.39 Å². The van der Waals surface area contributed by atoms with E-state index in [-0.39, 0.29) is 0 Å². The average Bonchev–Trinajstić information content (AvgIpc) is 2.29. The van der Waals surface area contributed by atoms with Crippen LogP contribution >= 0.6 is 0 Å². The highest BCUT2D eigenvalue weighted by Crippen LogP contribution is 2.28. The average molecular weight is 236 g/mol. The Hall–Kier alpha value is -1.60. The number of nitriles is 1. The first-order valence-electron chi connectivity index (χ1n) is 5.70. The molecule has 0 saturated carbocycles. The molecular weight excluding hydrogens is 219 g/mol. The van der Waals surface area contributed by atoms with Crippen LogP contribution in [0.25, 0.3) is 0 Å². The van der Waals surface area contributed by atoms with Crippen LogP contribution in [0.3, 0.4) is 0 Å². The Balaban J connectivity index is 3.10. The lowest BCUT2D eigenvalue weighted by atomic mass is 10.1. The second kappa shape index (κ2) is 6.21. The Bertz CT molecular complexity index is 412. The Morgan fingerprint density at radius 2 is 2.24 bits per heavy atom. The molecule has 1 aromatic carbocycles. The third-order valence-corrected chi connectivity index (χ3v) is 2.66. The molecule has 0 radical (unpaired) electrons. The number of hydrogen-bond donors (Lipinski definition) is 1. The van der Waals surface area contributed by atoms with Gasteiger partial charge in [0.1, 0.15) is 5.82 Å². The molecule has 0 unspecified atom stereocenters. The molecule has 3 nitrogen and oxygen atoms in total. The summed E-state index contributed by atoms with van der Waals surface area (Å²) in [5.41, 5.74) is 0.963. The number of aliphatic hydroxyl groups excluding tert-OH is 1. The molecule has 0 aliphatic carbocycles. The van der Waals surface area contributed by atoms with Gasteiger partial charge >= 0.3 is 0 Å². The molecule has 0 aliphatic rings. The van der Waals surface area contributed by atoms with E-state index in [0.717, 1.165) is 0 Å². The minimum absolute atomic E-state index is 0.298. The van der Waals surface area contributed by atoms with Crippen molar-refractivity contribution in [1.82, 2.24) is 0 Å². The van der Waals surface area contributed by atoms with Crippen molar-refractivity contribution in [2.45, 2.75) is 26.4 Å². The van der Waals surface area contributed by atoms with E-state index in [9.17, 15) is 9.50 Å². The van der Waals surface area contributed by atoms with Crippen molar-refractivity contribution in [2.24, 2.45) is 0 Å². The summed E-state index contributed by atoms with van der Waals surface area (Å²) in [4.78, 5) is 1.90. The van der Waals surface area contributed by atoms with Crippen LogP contribution in [-0.4, -0.2) is 18.2 Å². The normalized spacial score (nSPS) is 11.9. The van der Waals surface area contributed by atoms with Crippen LogP contribution in [-0.2, 0) is 0 Å². The fraction of sp³-hybridized carbons (Fsp3) is 0.462. The molecule has 0 aliphatic heterocycles. The standard InChI is InChI=1S/C13H17FN2O/c1-3-16(9-5-8-15)12-7-4-6-11(14)13(12)10(2)17/h4,6-7,10,17H,3,5,9H2,1-2H3/t10-/m0/s1. The number of aliphatic hydroxyl groups is 1. The van der Waals surface area contributed by atoms with Crippen LogP contribution < -0.4 is 4.90 Å². The van der Waals surface area contributed by atoms with Gasteiger partial charge < -0.3 is 10.0 Å². The molecule has 0 amide bonds. The molecule has 92 valence electrons. The fourth-order valence-electron chi connectivity index (χ4n) is 1.85. The number of hydrogen-bond acceptors (Lipinski definition) is 3. The van der Waals surface area contributed by atoms with Crippen molar-refractivity contribution in [1.29, 1.82) is 5.26 Å². The van der Waals surface area contributed by atoms with E-state index in [1.807, 2.05) is 11.8 Å². The molecule has 0 saturated heterocycles. The van der Waals surface area contributed by atoms with Gasteiger partial charge in [0.25, 0.3) is 0 Å². The molecule has 1 rings (SSSR count). The summed E-state index contributed by atoms with van der Waals surface area (Å²) in [7, 11) is 0. The van der Waals surface area contributed by atoms with Crippen molar-refractivity contribution >= 4 is 5.69 Å². The number of benzene rings is 1. The summed E-state index contributed by atoms with van der Waals surface area (Å²) in [6.07, 6.45) is -0.480. The second-order valence-electron chi connectivity index (χ2n) is 3.84. The smallest absolute Gasteiger partial charge is 0.131 e. The van der Waals surface area contributed by atoms with Crippen molar-refractivity contribution in [3.8, 4) is 6.07 Å². The summed E-state index contributed by atoms with van der Waals surface area (Å²) in [6.45, 7) is 4.69. The van der Waals surface area contributed by atoms with Crippen molar-refractivity contribution in [3.05, 3.63) is 29.6 Å². The predicted molar refractivity (Wildman–Crippen MR) is 65.2 cm³/mol. The van der Waals surface area contributed by atoms with E-state index in [0.29, 0.717) is 30.8 Å². The van der Waals surface area contributed by atoms with Crippen molar-refractivity contribution < 1.29 is 9.50 Å². The van der Waals surface area contributed by atoms with E-state index in [4.69, 9.17) is 5.26 Å². The largest absolute Gasteiger partial charge is 0.389 e. The molecule has 0 fully saturated rings. The molecule has 4 heteroatoms. The molecule has 0 heterocycles. The zero-order valence-corrected chi connectivity index (χ0v) is 10.2. The van der Waals surface area contributed by atoms with E-state index >= 15 is 0 Å². The number of anilines is 1. The second-order valence-corrected chi connectivity index (χ2v) is 3.84. The maximum Gasteiger partial charge on any atom is 0.131 e. The van der Waals surface area contributed by atoms with E-state index in [2.05, 4.69) is 6.07 Å². The summed E-state index contributed by atoms with van der Waals surface area (Å²) in [5, 5.41) is 18.2. The van der Waals surface area contributed by atoms with Crippen LogP contribution in [0.15, 0.2) is 18.2 Å². The quantitative estimate of drug-likeness (QED) is 0.854. The van der Waals surface area contributed by atoms with Gasteiger partial charge in [-0.05, 0) is 26.0 Å². The third kappa shape index (κ3) is 3.18. The molecule has 0 aromatic heterocycles. The van der Waals surface area contributed by atoms with Crippen LogP contribution in [0.2, 0.25) is 0 Å². The molecule has 1 N–H and O–H groups in total. The SMILES string of the molecule is CCN(CCC#N)c1cccc(F)c1[C@H](C)O. The number of nitrogens with zero attached hydrogens (tertiary/aromatic N) is 2.